The van der Waals surface area contributed by atoms with E-state index >= 15 is 0 Å². The summed E-state index contributed by atoms with van der Waals surface area (Å²) in [6, 6.07) is 4.08. The van der Waals surface area contributed by atoms with Gasteiger partial charge < -0.3 is 15.5 Å². The van der Waals surface area contributed by atoms with E-state index in [1.165, 1.54) is 5.56 Å². The van der Waals surface area contributed by atoms with Crippen molar-refractivity contribution < 1.29 is 4.79 Å². The van der Waals surface area contributed by atoms with E-state index in [1.807, 2.05) is 19.3 Å². The fourth-order valence-corrected chi connectivity index (χ4v) is 1.91. The molecule has 0 atom stereocenters. The average Bonchev–Trinajstić information content (AvgIpc) is 2.56. The smallest absolute Gasteiger partial charge is 0.221 e. The van der Waals surface area contributed by atoms with Crippen LogP contribution in [0.1, 0.15) is 12.0 Å². The number of anilines is 1. The van der Waals surface area contributed by atoms with Gasteiger partial charge >= 0.3 is 0 Å². The maximum Gasteiger partial charge on any atom is 0.221 e. The van der Waals surface area contributed by atoms with Gasteiger partial charge in [0.1, 0.15) is 5.82 Å². The molecule has 2 heterocycles. The number of carbonyl (C=O) groups is 1. The minimum absolute atomic E-state index is 0.124. The number of hydrogen-bond donors (Lipinski definition) is 2. The largest absolute Gasteiger partial charge is 0.354 e. The highest BCUT2D eigenvalue weighted by atomic mass is 16.1. The summed E-state index contributed by atoms with van der Waals surface area (Å²) in [4.78, 5) is 17.8. The zero-order chi connectivity index (χ0) is 12.1. The Hall–Kier alpha value is -1.62. The van der Waals surface area contributed by atoms with Crippen LogP contribution in [0.25, 0.3) is 0 Å². The molecule has 1 fully saturated rings. The van der Waals surface area contributed by atoms with Crippen LogP contribution >= 0.6 is 0 Å². The number of aromatic nitrogens is 1. The molecule has 0 aliphatic carbocycles. The van der Waals surface area contributed by atoms with Gasteiger partial charge in [0.25, 0.3) is 0 Å². The van der Waals surface area contributed by atoms with Crippen LogP contribution in [0.2, 0.25) is 0 Å². The van der Waals surface area contributed by atoms with Crippen molar-refractivity contribution in [1.82, 2.24) is 15.6 Å². The first-order valence-corrected chi connectivity index (χ1v) is 5.91. The van der Waals surface area contributed by atoms with Gasteiger partial charge in [-0.2, -0.15) is 0 Å². The highest BCUT2D eigenvalue weighted by Crippen LogP contribution is 2.12. The third-order valence-corrected chi connectivity index (χ3v) is 2.83. The summed E-state index contributed by atoms with van der Waals surface area (Å²) in [6.45, 7) is 3.08. The molecule has 1 aliphatic rings. The molecule has 1 aromatic heterocycles. The molecule has 1 amide bonds. The molecule has 1 aromatic rings. The van der Waals surface area contributed by atoms with Crippen LogP contribution < -0.4 is 15.5 Å². The van der Waals surface area contributed by atoms with Crippen LogP contribution in [0, 0.1) is 0 Å². The number of nitrogens with zero attached hydrogens (tertiary/aromatic N) is 2. The summed E-state index contributed by atoms with van der Waals surface area (Å²) < 4.78 is 0. The van der Waals surface area contributed by atoms with Crippen LogP contribution in [0.15, 0.2) is 18.3 Å². The van der Waals surface area contributed by atoms with E-state index in [-0.39, 0.29) is 5.91 Å². The summed E-state index contributed by atoms with van der Waals surface area (Å²) in [7, 11) is 1.92. The second-order valence-electron chi connectivity index (χ2n) is 4.14. The first-order chi connectivity index (χ1) is 8.29. The van der Waals surface area contributed by atoms with E-state index in [0.717, 1.165) is 25.5 Å². The molecule has 1 saturated heterocycles. The SMILES string of the molecule is CNCc1ccc(N2CCNC(=O)CC2)nc1. The van der Waals surface area contributed by atoms with Crippen LogP contribution in [-0.2, 0) is 11.3 Å². The van der Waals surface area contributed by atoms with Gasteiger partial charge in [0.05, 0.1) is 0 Å². The first kappa shape index (κ1) is 11.9. The predicted molar refractivity (Wildman–Crippen MR) is 66.8 cm³/mol. The normalized spacial score (nSPS) is 16.5. The number of carbonyl (C=O) groups excluding carboxylic acids is 1. The Kier molecular flexibility index (Phi) is 3.93. The van der Waals surface area contributed by atoms with Crippen molar-refractivity contribution >= 4 is 11.7 Å². The molecule has 0 spiro atoms. The fraction of sp³-hybridized carbons (Fsp3) is 0.500. The van der Waals surface area contributed by atoms with Crippen molar-refractivity contribution in [2.24, 2.45) is 0 Å². The van der Waals surface area contributed by atoms with Crippen LogP contribution in [0.4, 0.5) is 5.82 Å². The molecule has 1 aliphatic heterocycles. The van der Waals surface area contributed by atoms with Gasteiger partial charge in [-0.25, -0.2) is 4.98 Å². The maximum atomic E-state index is 11.2. The molecule has 5 heteroatoms. The third kappa shape index (κ3) is 3.17. The van der Waals surface area contributed by atoms with Gasteiger partial charge in [-0.15, -0.1) is 0 Å². The van der Waals surface area contributed by atoms with Crippen LogP contribution in [0.3, 0.4) is 0 Å². The number of hydrogen-bond acceptors (Lipinski definition) is 4. The second-order valence-corrected chi connectivity index (χ2v) is 4.14. The maximum absolute atomic E-state index is 11.2. The van der Waals surface area contributed by atoms with E-state index in [2.05, 4.69) is 26.6 Å². The quantitative estimate of drug-likeness (QED) is 0.780. The summed E-state index contributed by atoms with van der Waals surface area (Å²) >= 11 is 0. The van der Waals surface area contributed by atoms with Gasteiger partial charge in [0, 0.05) is 38.8 Å². The van der Waals surface area contributed by atoms with Crippen molar-refractivity contribution in [3.05, 3.63) is 23.9 Å². The molecule has 92 valence electrons. The van der Waals surface area contributed by atoms with E-state index < -0.39 is 0 Å². The first-order valence-electron chi connectivity index (χ1n) is 5.91. The standard InChI is InChI=1S/C12H18N4O/c1-13-8-10-2-3-11(15-9-10)16-6-4-12(17)14-5-7-16/h2-3,9,13H,4-8H2,1H3,(H,14,17). The summed E-state index contributed by atoms with van der Waals surface area (Å²) in [5.41, 5.74) is 1.17. The third-order valence-electron chi connectivity index (χ3n) is 2.83. The molecule has 0 aromatic carbocycles. The number of pyridine rings is 1. The Morgan fingerprint density at radius 1 is 1.47 bits per heavy atom. The molecule has 2 N–H and O–H groups in total. The van der Waals surface area contributed by atoms with Gasteiger partial charge in [-0.05, 0) is 18.7 Å². The topological polar surface area (TPSA) is 57.3 Å². The molecule has 0 saturated carbocycles. The second kappa shape index (κ2) is 5.63. The Bertz CT molecular complexity index is 377. The highest BCUT2D eigenvalue weighted by Gasteiger charge is 2.14. The number of rotatable bonds is 3. The lowest BCUT2D eigenvalue weighted by molar-refractivity contribution is -0.120. The Labute approximate surface area is 101 Å². The number of nitrogens with one attached hydrogen (secondary N) is 2. The summed E-state index contributed by atoms with van der Waals surface area (Å²) in [5.74, 6) is 1.07. The van der Waals surface area contributed by atoms with Gasteiger partial charge in [-0.1, -0.05) is 6.07 Å². The van der Waals surface area contributed by atoms with Crippen molar-refractivity contribution in [1.29, 1.82) is 0 Å². The molecule has 2 rings (SSSR count). The predicted octanol–water partition coefficient (Wildman–Crippen LogP) is 0.127. The molecule has 17 heavy (non-hydrogen) atoms. The van der Waals surface area contributed by atoms with Crippen LogP contribution in [0.5, 0.6) is 0 Å². The summed E-state index contributed by atoms with van der Waals surface area (Å²) in [6.07, 6.45) is 2.42. The Morgan fingerprint density at radius 3 is 3.06 bits per heavy atom. The van der Waals surface area contributed by atoms with Crippen LogP contribution in [-0.4, -0.2) is 37.6 Å². The van der Waals surface area contributed by atoms with Gasteiger partial charge in [0.2, 0.25) is 5.91 Å². The van der Waals surface area contributed by atoms with Crippen molar-refractivity contribution in [2.45, 2.75) is 13.0 Å². The Balaban J connectivity index is 2.03. The molecular weight excluding hydrogens is 216 g/mol. The van der Waals surface area contributed by atoms with Crippen molar-refractivity contribution in [3.8, 4) is 0 Å². The lowest BCUT2D eigenvalue weighted by Crippen LogP contribution is -2.29. The lowest BCUT2D eigenvalue weighted by Gasteiger charge is -2.20. The molecule has 5 nitrogen and oxygen atoms in total. The Morgan fingerprint density at radius 2 is 2.35 bits per heavy atom. The monoisotopic (exact) mass is 234 g/mol. The minimum Gasteiger partial charge on any atom is -0.354 e. The van der Waals surface area contributed by atoms with E-state index in [4.69, 9.17) is 0 Å². The number of amides is 1. The molecule has 0 radical (unpaired) electrons. The van der Waals surface area contributed by atoms with Crippen molar-refractivity contribution in [2.75, 3.05) is 31.6 Å². The van der Waals surface area contributed by atoms with Gasteiger partial charge in [-0.3, -0.25) is 4.79 Å². The average molecular weight is 234 g/mol. The summed E-state index contributed by atoms with van der Waals surface area (Å²) in [5, 5.41) is 5.95. The zero-order valence-corrected chi connectivity index (χ0v) is 10.1. The highest BCUT2D eigenvalue weighted by molar-refractivity contribution is 5.77. The molecular formula is C12H18N4O. The van der Waals surface area contributed by atoms with E-state index in [0.29, 0.717) is 13.0 Å². The minimum atomic E-state index is 0.124. The van der Waals surface area contributed by atoms with E-state index in [9.17, 15) is 4.79 Å². The fourth-order valence-electron chi connectivity index (χ4n) is 1.91. The van der Waals surface area contributed by atoms with Gasteiger partial charge in [0.15, 0.2) is 0 Å². The zero-order valence-electron chi connectivity index (χ0n) is 10.1. The molecule has 0 unspecified atom stereocenters. The van der Waals surface area contributed by atoms with E-state index in [1.54, 1.807) is 0 Å². The van der Waals surface area contributed by atoms with Crippen molar-refractivity contribution in [3.63, 3.8) is 0 Å². The molecule has 0 bridgehead atoms. The lowest BCUT2D eigenvalue weighted by atomic mass is 10.2.